The first-order chi connectivity index (χ1) is 11.4. The smallest absolute Gasteiger partial charge is 0.332 e. The number of imidazole rings is 1. The molecule has 2 aromatic heterocycles. The summed E-state index contributed by atoms with van der Waals surface area (Å²) in [6.07, 6.45) is 0. The molecule has 1 atom stereocenters. The molecule has 0 fully saturated rings. The minimum Gasteiger partial charge on any atom is -0.380 e. The zero-order valence-corrected chi connectivity index (χ0v) is 14.6. The largest absolute Gasteiger partial charge is 0.380 e. The van der Waals surface area contributed by atoms with Gasteiger partial charge in [0.2, 0.25) is 5.95 Å². The van der Waals surface area contributed by atoms with E-state index in [1.54, 1.807) is 12.1 Å². The van der Waals surface area contributed by atoms with Gasteiger partial charge in [0.15, 0.2) is 11.2 Å². The lowest BCUT2D eigenvalue weighted by atomic mass is 10.2. The Bertz CT molecular complexity index is 935. The van der Waals surface area contributed by atoms with Crippen LogP contribution in [0.1, 0.15) is 26.8 Å². The minimum absolute atomic E-state index is 0.112. The standard InChI is InChI=1S/C15H22N6O3/c1-6-24-8-7-20-14-16-12-11(21(14)10(3)9(2)17-20)13(22)19(5)15(23)18(12)4/h10H,6-8H2,1-5H3/t10-/m0/s1. The monoisotopic (exact) mass is 334 g/mol. The SMILES string of the molecule is CCOCCN1N=C(C)[C@H](C)n2c1nc1c2c(=O)n(C)c(=O)n1C. The highest BCUT2D eigenvalue weighted by Gasteiger charge is 2.30. The molecule has 9 nitrogen and oxygen atoms in total. The van der Waals surface area contributed by atoms with Crippen LogP contribution in [0.5, 0.6) is 0 Å². The second-order valence-corrected chi connectivity index (χ2v) is 5.90. The molecule has 0 amide bonds. The Balaban J connectivity index is 2.26. The average Bonchev–Trinajstić information content (AvgIpc) is 2.96. The third-order valence-corrected chi connectivity index (χ3v) is 4.43. The van der Waals surface area contributed by atoms with Crippen LogP contribution in [-0.2, 0) is 18.8 Å². The van der Waals surface area contributed by atoms with Crippen molar-refractivity contribution < 1.29 is 4.74 Å². The van der Waals surface area contributed by atoms with Gasteiger partial charge < -0.3 is 4.74 Å². The number of nitrogens with zero attached hydrogens (tertiary/aromatic N) is 6. The van der Waals surface area contributed by atoms with Gasteiger partial charge in [-0.3, -0.25) is 18.5 Å². The van der Waals surface area contributed by atoms with Crippen molar-refractivity contribution in [3.05, 3.63) is 20.8 Å². The Morgan fingerprint density at radius 3 is 2.58 bits per heavy atom. The predicted molar refractivity (Wildman–Crippen MR) is 91.9 cm³/mol. The summed E-state index contributed by atoms with van der Waals surface area (Å²) in [5, 5.41) is 6.30. The van der Waals surface area contributed by atoms with Crippen molar-refractivity contribution in [3.8, 4) is 0 Å². The summed E-state index contributed by atoms with van der Waals surface area (Å²) < 4.78 is 9.76. The molecule has 0 aromatic carbocycles. The summed E-state index contributed by atoms with van der Waals surface area (Å²) in [5.41, 5.74) is 0.912. The second kappa shape index (κ2) is 5.90. The zero-order valence-electron chi connectivity index (χ0n) is 14.6. The van der Waals surface area contributed by atoms with Gasteiger partial charge in [0.1, 0.15) is 0 Å². The maximum absolute atomic E-state index is 12.7. The lowest BCUT2D eigenvalue weighted by molar-refractivity contribution is 0.153. The van der Waals surface area contributed by atoms with Crippen molar-refractivity contribution in [1.29, 1.82) is 0 Å². The fourth-order valence-electron chi connectivity index (χ4n) is 2.90. The van der Waals surface area contributed by atoms with Gasteiger partial charge in [-0.25, -0.2) is 9.80 Å². The molecule has 24 heavy (non-hydrogen) atoms. The predicted octanol–water partition coefficient (Wildman–Crippen LogP) is 0.227. The van der Waals surface area contributed by atoms with E-state index < -0.39 is 5.69 Å². The highest BCUT2D eigenvalue weighted by atomic mass is 16.5. The quantitative estimate of drug-likeness (QED) is 0.747. The van der Waals surface area contributed by atoms with E-state index in [2.05, 4.69) is 10.1 Å². The van der Waals surface area contributed by atoms with E-state index in [0.717, 1.165) is 10.3 Å². The van der Waals surface area contributed by atoms with E-state index in [0.29, 0.717) is 36.9 Å². The van der Waals surface area contributed by atoms with Crippen LogP contribution in [0, 0.1) is 0 Å². The van der Waals surface area contributed by atoms with Crippen molar-refractivity contribution in [2.45, 2.75) is 26.8 Å². The summed E-state index contributed by atoms with van der Waals surface area (Å²) in [4.78, 5) is 29.4. The first kappa shape index (κ1) is 16.4. The Morgan fingerprint density at radius 2 is 1.92 bits per heavy atom. The fourth-order valence-corrected chi connectivity index (χ4v) is 2.90. The first-order valence-electron chi connectivity index (χ1n) is 7.96. The number of hydrazone groups is 1. The van der Waals surface area contributed by atoms with Crippen LogP contribution in [0.2, 0.25) is 0 Å². The number of hydrogen-bond donors (Lipinski definition) is 0. The molecule has 0 N–H and O–H groups in total. The Hall–Kier alpha value is -2.42. The molecule has 0 saturated carbocycles. The molecule has 130 valence electrons. The van der Waals surface area contributed by atoms with E-state index in [-0.39, 0.29) is 11.6 Å². The maximum atomic E-state index is 12.7. The van der Waals surface area contributed by atoms with E-state index in [9.17, 15) is 9.59 Å². The molecule has 0 unspecified atom stereocenters. The van der Waals surface area contributed by atoms with Crippen LogP contribution >= 0.6 is 0 Å². The van der Waals surface area contributed by atoms with Gasteiger partial charge in [-0.15, -0.1) is 0 Å². The molecule has 9 heteroatoms. The molecule has 3 heterocycles. The highest BCUT2D eigenvalue weighted by Crippen LogP contribution is 2.29. The first-order valence-corrected chi connectivity index (χ1v) is 7.96. The van der Waals surface area contributed by atoms with E-state index >= 15 is 0 Å². The van der Waals surface area contributed by atoms with Crippen LogP contribution in [-0.4, -0.2) is 44.2 Å². The number of aromatic nitrogens is 4. The molecule has 2 aromatic rings. The lowest BCUT2D eigenvalue weighted by Crippen LogP contribution is -2.38. The van der Waals surface area contributed by atoms with Gasteiger partial charge in [0, 0.05) is 20.7 Å². The van der Waals surface area contributed by atoms with Crippen LogP contribution in [0.25, 0.3) is 11.2 Å². The van der Waals surface area contributed by atoms with Gasteiger partial charge in [0.05, 0.1) is 24.9 Å². The van der Waals surface area contributed by atoms with Gasteiger partial charge in [0.25, 0.3) is 5.56 Å². The van der Waals surface area contributed by atoms with E-state index in [4.69, 9.17) is 4.74 Å². The van der Waals surface area contributed by atoms with E-state index in [1.165, 1.54) is 11.6 Å². The molecule has 1 aliphatic rings. The van der Waals surface area contributed by atoms with Crippen molar-refractivity contribution in [3.63, 3.8) is 0 Å². The third-order valence-electron chi connectivity index (χ3n) is 4.43. The Morgan fingerprint density at radius 1 is 1.21 bits per heavy atom. The van der Waals surface area contributed by atoms with Gasteiger partial charge in [-0.1, -0.05) is 0 Å². The number of aryl methyl sites for hydroxylation is 1. The van der Waals surface area contributed by atoms with Gasteiger partial charge >= 0.3 is 5.69 Å². The van der Waals surface area contributed by atoms with Crippen molar-refractivity contribution in [2.24, 2.45) is 19.2 Å². The van der Waals surface area contributed by atoms with Crippen molar-refractivity contribution >= 4 is 22.8 Å². The molecule has 1 aliphatic heterocycles. The topological polar surface area (TPSA) is 86.7 Å². The number of rotatable bonds is 4. The fraction of sp³-hybridized carbons (Fsp3) is 0.600. The van der Waals surface area contributed by atoms with Crippen molar-refractivity contribution in [1.82, 2.24) is 18.7 Å². The average molecular weight is 334 g/mol. The molecule has 0 aliphatic carbocycles. The van der Waals surface area contributed by atoms with E-state index in [1.807, 2.05) is 25.3 Å². The number of fused-ring (bicyclic) bond motifs is 3. The molecule has 0 saturated heterocycles. The summed E-state index contributed by atoms with van der Waals surface area (Å²) in [7, 11) is 3.09. The molecular formula is C15H22N6O3. The van der Waals surface area contributed by atoms with Gasteiger partial charge in [-0.2, -0.15) is 10.1 Å². The van der Waals surface area contributed by atoms with Crippen molar-refractivity contribution in [2.75, 3.05) is 24.8 Å². The number of anilines is 1. The molecule has 0 radical (unpaired) electrons. The van der Waals surface area contributed by atoms with Crippen LogP contribution in [0.15, 0.2) is 14.7 Å². The number of ether oxygens (including phenoxy) is 1. The Labute approximate surface area is 138 Å². The summed E-state index contributed by atoms with van der Waals surface area (Å²) >= 11 is 0. The molecule has 3 rings (SSSR count). The second-order valence-electron chi connectivity index (χ2n) is 5.90. The maximum Gasteiger partial charge on any atom is 0.332 e. The van der Waals surface area contributed by atoms with Crippen LogP contribution < -0.4 is 16.3 Å². The van der Waals surface area contributed by atoms with Crippen LogP contribution in [0.3, 0.4) is 0 Å². The normalized spacial score (nSPS) is 17.3. The van der Waals surface area contributed by atoms with Crippen LogP contribution in [0.4, 0.5) is 5.95 Å². The lowest BCUT2D eigenvalue weighted by Gasteiger charge is -2.29. The summed E-state index contributed by atoms with van der Waals surface area (Å²) in [5.74, 6) is 0.557. The molecule has 0 spiro atoms. The summed E-state index contributed by atoms with van der Waals surface area (Å²) in [6.45, 7) is 7.46. The molecule has 0 bridgehead atoms. The number of hydrogen-bond acceptors (Lipinski definition) is 6. The third kappa shape index (κ3) is 2.27. The van der Waals surface area contributed by atoms with Gasteiger partial charge in [-0.05, 0) is 20.8 Å². The Kier molecular flexibility index (Phi) is 4.04. The summed E-state index contributed by atoms with van der Waals surface area (Å²) in [6, 6.07) is -0.112. The zero-order chi connectivity index (χ0) is 17.6. The minimum atomic E-state index is -0.394. The highest BCUT2D eigenvalue weighted by molar-refractivity contribution is 5.90. The molecular weight excluding hydrogens is 312 g/mol.